The number of halogens is 1. The summed E-state index contributed by atoms with van der Waals surface area (Å²) in [5.41, 5.74) is 1.24. The Hall–Kier alpha value is -1.22. The zero-order valence-electron chi connectivity index (χ0n) is 9.50. The van der Waals surface area contributed by atoms with Crippen molar-refractivity contribution in [3.63, 3.8) is 0 Å². The van der Waals surface area contributed by atoms with Gasteiger partial charge in [-0.15, -0.1) is 0 Å². The zero-order valence-corrected chi connectivity index (χ0v) is 9.50. The van der Waals surface area contributed by atoms with Crippen molar-refractivity contribution in [2.45, 2.75) is 25.9 Å². The van der Waals surface area contributed by atoms with Crippen LogP contribution in [0.15, 0.2) is 18.2 Å². The first-order valence-electron chi connectivity index (χ1n) is 5.46. The van der Waals surface area contributed by atoms with Gasteiger partial charge in [-0.25, -0.2) is 4.39 Å². The van der Waals surface area contributed by atoms with Crippen molar-refractivity contribution in [1.29, 1.82) is 0 Å². The van der Waals surface area contributed by atoms with Crippen LogP contribution in [0.1, 0.15) is 28.8 Å². The van der Waals surface area contributed by atoms with Gasteiger partial charge in [0, 0.05) is 12.7 Å². The number of rotatable bonds is 4. The van der Waals surface area contributed by atoms with Crippen LogP contribution < -0.4 is 0 Å². The second-order valence-electron chi connectivity index (χ2n) is 4.32. The SMILES string of the molecule is COC(C(=O)c1cc(F)ccc1C)C1CC1. The largest absolute Gasteiger partial charge is 0.373 e. The number of hydrogen-bond donors (Lipinski definition) is 0. The normalized spacial score (nSPS) is 17.2. The fourth-order valence-corrected chi connectivity index (χ4v) is 1.93. The molecular weight excluding hydrogens is 207 g/mol. The van der Waals surface area contributed by atoms with Crippen LogP contribution in [0.2, 0.25) is 0 Å². The third kappa shape index (κ3) is 2.14. The van der Waals surface area contributed by atoms with E-state index in [1.807, 2.05) is 6.92 Å². The van der Waals surface area contributed by atoms with Crippen LogP contribution in [0.5, 0.6) is 0 Å². The van der Waals surface area contributed by atoms with Gasteiger partial charge in [0.2, 0.25) is 0 Å². The lowest BCUT2D eigenvalue weighted by molar-refractivity contribution is 0.0539. The highest BCUT2D eigenvalue weighted by Gasteiger charge is 2.37. The topological polar surface area (TPSA) is 26.3 Å². The Morgan fingerprint density at radius 1 is 1.50 bits per heavy atom. The number of benzene rings is 1. The highest BCUT2D eigenvalue weighted by molar-refractivity contribution is 6.01. The Morgan fingerprint density at radius 2 is 2.19 bits per heavy atom. The van der Waals surface area contributed by atoms with Crippen molar-refractivity contribution in [1.82, 2.24) is 0 Å². The van der Waals surface area contributed by atoms with Crippen molar-refractivity contribution in [2.75, 3.05) is 7.11 Å². The summed E-state index contributed by atoms with van der Waals surface area (Å²) in [5.74, 6) is -0.151. The molecule has 0 amide bonds. The second-order valence-corrected chi connectivity index (χ2v) is 4.32. The maximum absolute atomic E-state index is 13.1. The van der Waals surface area contributed by atoms with Crippen LogP contribution in [0, 0.1) is 18.7 Å². The Kier molecular flexibility index (Phi) is 3.06. The summed E-state index contributed by atoms with van der Waals surface area (Å²) in [6.45, 7) is 1.81. The number of Topliss-reactive ketones (excluding diaryl/α,β-unsaturated/α-hetero) is 1. The van der Waals surface area contributed by atoms with Gasteiger partial charge in [-0.05, 0) is 43.4 Å². The third-order valence-electron chi connectivity index (χ3n) is 3.03. The number of ether oxygens (including phenoxy) is 1. The van der Waals surface area contributed by atoms with Crippen LogP contribution in [-0.4, -0.2) is 19.0 Å². The minimum atomic E-state index is -0.402. The second kappa shape index (κ2) is 4.34. The number of hydrogen-bond acceptors (Lipinski definition) is 2. The summed E-state index contributed by atoms with van der Waals surface area (Å²) >= 11 is 0. The van der Waals surface area contributed by atoms with Gasteiger partial charge >= 0.3 is 0 Å². The van der Waals surface area contributed by atoms with E-state index in [4.69, 9.17) is 4.74 Å². The predicted octanol–water partition coefficient (Wildman–Crippen LogP) is 2.74. The van der Waals surface area contributed by atoms with Gasteiger partial charge in [-0.1, -0.05) is 6.07 Å². The van der Waals surface area contributed by atoms with Crippen LogP contribution >= 0.6 is 0 Å². The molecule has 0 aromatic heterocycles. The van der Waals surface area contributed by atoms with Gasteiger partial charge in [0.25, 0.3) is 0 Å². The Labute approximate surface area is 94.4 Å². The highest BCUT2D eigenvalue weighted by Crippen LogP contribution is 2.35. The predicted molar refractivity (Wildman–Crippen MR) is 59.0 cm³/mol. The van der Waals surface area contributed by atoms with E-state index >= 15 is 0 Å². The first-order chi connectivity index (χ1) is 7.63. The summed E-state index contributed by atoms with van der Waals surface area (Å²) in [5, 5.41) is 0. The van der Waals surface area contributed by atoms with Crippen molar-refractivity contribution < 1.29 is 13.9 Å². The smallest absolute Gasteiger partial charge is 0.192 e. The fraction of sp³-hybridized carbons (Fsp3) is 0.462. The number of carbonyl (C=O) groups excluding carboxylic acids is 1. The number of methoxy groups -OCH3 is 1. The van der Waals surface area contributed by atoms with Crippen molar-refractivity contribution in [2.24, 2.45) is 5.92 Å². The van der Waals surface area contributed by atoms with Crippen molar-refractivity contribution >= 4 is 5.78 Å². The van der Waals surface area contributed by atoms with E-state index < -0.39 is 6.10 Å². The van der Waals surface area contributed by atoms with E-state index in [0.717, 1.165) is 18.4 Å². The molecule has 1 saturated carbocycles. The summed E-state index contributed by atoms with van der Waals surface area (Å²) in [6, 6.07) is 4.29. The van der Waals surface area contributed by atoms with Crippen LogP contribution in [0.25, 0.3) is 0 Å². The lowest BCUT2D eigenvalue weighted by Gasteiger charge is -2.14. The molecule has 0 heterocycles. The van der Waals surface area contributed by atoms with E-state index in [0.29, 0.717) is 11.5 Å². The van der Waals surface area contributed by atoms with Gasteiger partial charge in [-0.2, -0.15) is 0 Å². The molecule has 1 atom stereocenters. The number of ketones is 1. The number of aryl methyl sites for hydroxylation is 1. The van der Waals surface area contributed by atoms with Crippen LogP contribution in [0.4, 0.5) is 4.39 Å². The average Bonchev–Trinajstić information content (AvgIpc) is 3.07. The molecule has 1 fully saturated rings. The fourth-order valence-electron chi connectivity index (χ4n) is 1.93. The van der Waals surface area contributed by atoms with E-state index in [1.54, 1.807) is 6.07 Å². The maximum atomic E-state index is 13.1. The average molecular weight is 222 g/mol. The lowest BCUT2D eigenvalue weighted by Crippen LogP contribution is -2.26. The molecule has 2 rings (SSSR count). The third-order valence-corrected chi connectivity index (χ3v) is 3.03. The molecule has 0 saturated heterocycles. The van der Waals surface area contributed by atoms with Crippen LogP contribution in [-0.2, 0) is 4.74 Å². The van der Waals surface area contributed by atoms with Gasteiger partial charge in [0.05, 0.1) is 0 Å². The summed E-state index contributed by atoms with van der Waals surface area (Å²) in [7, 11) is 1.54. The number of carbonyl (C=O) groups is 1. The molecule has 1 aromatic carbocycles. The van der Waals surface area contributed by atoms with Gasteiger partial charge in [-0.3, -0.25) is 4.79 Å². The van der Waals surface area contributed by atoms with Gasteiger partial charge in [0.1, 0.15) is 11.9 Å². The molecule has 1 aromatic rings. The molecule has 0 bridgehead atoms. The Morgan fingerprint density at radius 3 is 2.75 bits per heavy atom. The van der Waals surface area contributed by atoms with Gasteiger partial charge in [0.15, 0.2) is 5.78 Å². The molecule has 2 nitrogen and oxygen atoms in total. The van der Waals surface area contributed by atoms with Crippen molar-refractivity contribution in [3.8, 4) is 0 Å². The van der Waals surface area contributed by atoms with Crippen LogP contribution in [0.3, 0.4) is 0 Å². The molecule has 0 aliphatic heterocycles. The summed E-state index contributed by atoms with van der Waals surface area (Å²) in [6.07, 6.45) is 1.65. The lowest BCUT2D eigenvalue weighted by atomic mass is 9.98. The molecule has 1 aliphatic rings. The summed E-state index contributed by atoms with van der Waals surface area (Å²) in [4.78, 5) is 12.1. The van der Waals surface area contributed by atoms with E-state index in [1.165, 1.54) is 19.2 Å². The zero-order chi connectivity index (χ0) is 11.7. The minimum absolute atomic E-state index is 0.0954. The standard InChI is InChI=1S/C13H15FO2/c1-8-3-6-10(14)7-11(8)12(15)13(16-2)9-4-5-9/h3,6-7,9,13H,4-5H2,1-2H3. The first-order valence-corrected chi connectivity index (χ1v) is 5.46. The molecule has 1 unspecified atom stereocenters. The van der Waals surface area contributed by atoms with Crippen molar-refractivity contribution in [3.05, 3.63) is 35.1 Å². The molecule has 1 aliphatic carbocycles. The quantitative estimate of drug-likeness (QED) is 0.732. The molecule has 3 heteroatoms. The highest BCUT2D eigenvalue weighted by atomic mass is 19.1. The molecule has 0 radical (unpaired) electrons. The van der Waals surface area contributed by atoms with E-state index in [9.17, 15) is 9.18 Å². The molecular formula is C13H15FO2. The molecule has 86 valence electrons. The maximum Gasteiger partial charge on any atom is 0.192 e. The van der Waals surface area contributed by atoms with Gasteiger partial charge < -0.3 is 4.74 Å². The Balaban J connectivity index is 2.28. The minimum Gasteiger partial charge on any atom is -0.373 e. The first kappa shape index (κ1) is 11.3. The van der Waals surface area contributed by atoms with E-state index in [2.05, 4.69) is 0 Å². The Bertz CT molecular complexity index is 410. The molecule has 0 spiro atoms. The molecule has 16 heavy (non-hydrogen) atoms. The molecule has 0 N–H and O–H groups in total. The van der Waals surface area contributed by atoms with E-state index in [-0.39, 0.29) is 11.6 Å². The summed E-state index contributed by atoms with van der Waals surface area (Å²) < 4.78 is 18.3. The monoisotopic (exact) mass is 222 g/mol.